The first kappa shape index (κ1) is 15.5. The van der Waals surface area contributed by atoms with Crippen molar-refractivity contribution in [1.82, 2.24) is 4.98 Å². The molecule has 5 aromatic rings. The number of aromatic nitrogens is 1. The Morgan fingerprint density at radius 3 is 2.23 bits per heavy atom. The third kappa shape index (κ3) is 2.74. The van der Waals surface area contributed by atoms with Crippen LogP contribution >= 0.6 is 0 Å². The number of hydrogen-bond acceptors (Lipinski definition) is 0. The maximum atomic E-state index is 3.68. The molecule has 0 fully saturated rings. The van der Waals surface area contributed by atoms with E-state index in [1.54, 1.807) is 0 Å². The van der Waals surface area contributed by atoms with E-state index in [-0.39, 0.29) is 15.0 Å². The monoisotopic (exact) mass is 399 g/mol. The Balaban J connectivity index is 1.72. The van der Waals surface area contributed by atoms with Gasteiger partial charge < -0.3 is 0 Å². The summed E-state index contributed by atoms with van der Waals surface area (Å²) in [7, 11) is 0. The third-order valence-electron chi connectivity index (χ3n) is 4.66. The van der Waals surface area contributed by atoms with Crippen molar-refractivity contribution < 1.29 is 0 Å². The van der Waals surface area contributed by atoms with E-state index in [0.29, 0.717) is 0 Å². The van der Waals surface area contributed by atoms with E-state index in [1.807, 2.05) is 0 Å². The van der Waals surface area contributed by atoms with Gasteiger partial charge in [0, 0.05) is 0 Å². The molecule has 1 heterocycles. The molecule has 0 saturated carbocycles. The number of para-hydroxylation sites is 1. The molecule has 5 rings (SSSR count). The Kier molecular flexibility index (Phi) is 3.86. The zero-order valence-corrected chi connectivity index (χ0v) is 15.9. The van der Waals surface area contributed by atoms with Gasteiger partial charge in [-0.25, -0.2) is 0 Å². The number of H-pyrrole nitrogens is 1. The van der Waals surface area contributed by atoms with Crippen molar-refractivity contribution in [2.24, 2.45) is 0 Å². The van der Waals surface area contributed by atoms with Gasteiger partial charge in [-0.2, -0.15) is 0 Å². The molecular weight excluding hydrogens is 381 g/mol. The molecule has 0 aliphatic carbocycles. The van der Waals surface area contributed by atoms with Crippen LogP contribution in [0, 0.1) is 0 Å². The summed E-state index contributed by atoms with van der Waals surface area (Å²) >= 11 is 0.252. The second kappa shape index (κ2) is 6.49. The van der Waals surface area contributed by atoms with Crippen LogP contribution in [-0.2, 0) is 0 Å². The number of nitrogens with one attached hydrogen (secondary N) is 1. The zero-order valence-electron chi connectivity index (χ0n) is 14.1. The normalized spacial score (nSPS) is 11.2. The first-order chi connectivity index (χ1) is 12.9. The van der Waals surface area contributed by atoms with Crippen LogP contribution in [0.25, 0.3) is 32.9 Å². The Morgan fingerprint density at radius 1 is 0.615 bits per heavy atom. The number of benzene rings is 4. The summed E-state index contributed by atoms with van der Waals surface area (Å²) in [5.41, 5.74) is 3.72. The molecule has 4 aromatic carbocycles. The Hall–Kier alpha value is -2.80. The molecule has 26 heavy (non-hydrogen) atoms. The molecular formula is C24H17NSe. The minimum absolute atomic E-state index is 0.252. The summed E-state index contributed by atoms with van der Waals surface area (Å²) in [6.45, 7) is 0. The van der Waals surface area contributed by atoms with Crippen LogP contribution in [-0.4, -0.2) is 19.9 Å². The molecule has 0 amide bonds. The summed E-state index contributed by atoms with van der Waals surface area (Å²) in [5, 5.41) is 3.89. The van der Waals surface area contributed by atoms with Crippen molar-refractivity contribution in [3.05, 3.63) is 97.1 Å². The molecule has 0 radical (unpaired) electrons. The van der Waals surface area contributed by atoms with E-state index < -0.39 is 0 Å². The average Bonchev–Trinajstić information content (AvgIpc) is 3.07. The third-order valence-corrected chi connectivity index (χ3v) is 7.04. The van der Waals surface area contributed by atoms with E-state index in [1.165, 1.54) is 41.9 Å². The van der Waals surface area contributed by atoms with Crippen molar-refractivity contribution in [2.45, 2.75) is 0 Å². The summed E-state index contributed by atoms with van der Waals surface area (Å²) < 4.78 is 2.82. The van der Waals surface area contributed by atoms with Gasteiger partial charge in [-0.15, -0.1) is 0 Å². The van der Waals surface area contributed by atoms with Crippen LogP contribution in [0.3, 0.4) is 0 Å². The predicted molar refractivity (Wildman–Crippen MR) is 113 cm³/mol. The van der Waals surface area contributed by atoms with Crippen molar-refractivity contribution in [3.63, 3.8) is 0 Å². The Morgan fingerprint density at radius 2 is 1.35 bits per heavy atom. The fraction of sp³-hybridized carbons (Fsp3) is 0. The standard InChI is InChI=1S/C24H17NSe/c1-2-10-20(11-3-1)26-24-21-12-6-7-13-22(21)25-23(24)19-15-14-17-8-4-5-9-18(17)16-19/h1-16,25H. The Bertz CT molecular complexity index is 1200. The number of fused-ring (bicyclic) bond motifs is 2. The number of hydrogen-bond donors (Lipinski definition) is 1. The molecule has 0 saturated heterocycles. The van der Waals surface area contributed by atoms with Crippen LogP contribution in [0.15, 0.2) is 97.1 Å². The quantitative estimate of drug-likeness (QED) is 0.426. The number of rotatable bonds is 3. The van der Waals surface area contributed by atoms with Gasteiger partial charge >= 0.3 is 159 Å². The fourth-order valence-corrected chi connectivity index (χ4v) is 5.66. The van der Waals surface area contributed by atoms with Crippen molar-refractivity contribution >= 4 is 45.6 Å². The average molecular weight is 398 g/mol. The maximum absolute atomic E-state index is 3.68. The van der Waals surface area contributed by atoms with Crippen molar-refractivity contribution in [2.75, 3.05) is 0 Å². The van der Waals surface area contributed by atoms with Crippen LogP contribution < -0.4 is 8.92 Å². The molecule has 0 atom stereocenters. The first-order valence-electron chi connectivity index (χ1n) is 8.71. The van der Waals surface area contributed by atoms with E-state index in [4.69, 9.17) is 0 Å². The van der Waals surface area contributed by atoms with Crippen molar-refractivity contribution in [3.8, 4) is 11.3 Å². The van der Waals surface area contributed by atoms with Gasteiger partial charge in [0.2, 0.25) is 0 Å². The molecule has 0 spiro atoms. The second-order valence-electron chi connectivity index (χ2n) is 6.35. The molecule has 0 aliphatic heterocycles. The summed E-state index contributed by atoms with van der Waals surface area (Å²) in [4.78, 5) is 3.68. The summed E-state index contributed by atoms with van der Waals surface area (Å²) in [6, 6.07) is 34.7. The molecule has 1 nitrogen and oxygen atoms in total. The predicted octanol–water partition coefficient (Wildman–Crippen LogP) is 4.64. The van der Waals surface area contributed by atoms with Gasteiger partial charge in [-0.05, 0) is 0 Å². The molecule has 1 aromatic heterocycles. The van der Waals surface area contributed by atoms with E-state index in [9.17, 15) is 0 Å². The molecule has 0 aliphatic rings. The second-order valence-corrected chi connectivity index (χ2v) is 8.63. The minimum atomic E-state index is 0.252. The van der Waals surface area contributed by atoms with Gasteiger partial charge in [0.15, 0.2) is 0 Å². The van der Waals surface area contributed by atoms with Gasteiger partial charge in [0.25, 0.3) is 0 Å². The van der Waals surface area contributed by atoms with Gasteiger partial charge in [0.1, 0.15) is 0 Å². The fourth-order valence-electron chi connectivity index (χ4n) is 3.38. The van der Waals surface area contributed by atoms with Gasteiger partial charge in [-0.1, -0.05) is 0 Å². The SMILES string of the molecule is c1ccc([Se]c2c(-c3ccc4ccccc4c3)[nH]c3ccccc23)cc1. The number of aromatic amines is 1. The topological polar surface area (TPSA) is 15.8 Å². The van der Waals surface area contributed by atoms with Crippen LogP contribution in [0.1, 0.15) is 0 Å². The molecule has 1 N–H and O–H groups in total. The van der Waals surface area contributed by atoms with E-state index in [0.717, 1.165) is 0 Å². The van der Waals surface area contributed by atoms with Crippen LogP contribution in [0.2, 0.25) is 0 Å². The van der Waals surface area contributed by atoms with Gasteiger partial charge in [0.05, 0.1) is 0 Å². The zero-order chi connectivity index (χ0) is 17.3. The van der Waals surface area contributed by atoms with Crippen LogP contribution in [0.5, 0.6) is 0 Å². The Labute approximate surface area is 158 Å². The summed E-state index contributed by atoms with van der Waals surface area (Å²) in [6.07, 6.45) is 0. The molecule has 2 heteroatoms. The molecule has 0 bridgehead atoms. The van der Waals surface area contributed by atoms with Crippen molar-refractivity contribution in [1.29, 1.82) is 0 Å². The molecule has 0 unspecified atom stereocenters. The van der Waals surface area contributed by atoms with E-state index in [2.05, 4.69) is 102 Å². The molecule has 124 valence electrons. The van der Waals surface area contributed by atoms with Crippen LogP contribution in [0.4, 0.5) is 0 Å². The van der Waals surface area contributed by atoms with E-state index >= 15 is 0 Å². The summed E-state index contributed by atoms with van der Waals surface area (Å²) in [5.74, 6) is 0. The van der Waals surface area contributed by atoms with Gasteiger partial charge in [-0.3, -0.25) is 0 Å². The first-order valence-corrected chi connectivity index (χ1v) is 10.4.